The molecule has 24 heavy (non-hydrogen) atoms. The van der Waals surface area contributed by atoms with Crippen molar-refractivity contribution in [2.75, 3.05) is 63.8 Å². The van der Waals surface area contributed by atoms with Gasteiger partial charge in [-0.3, -0.25) is 9.59 Å². The van der Waals surface area contributed by atoms with E-state index in [9.17, 15) is 9.59 Å². The van der Waals surface area contributed by atoms with E-state index in [0.29, 0.717) is 26.2 Å². The summed E-state index contributed by atoms with van der Waals surface area (Å²) in [6.45, 7) is 8.90. The molecular formula is C18H26N4O2. The number of para-hydroxylation sites is 1. The van der Waals surface area contributed by atoms with Gasteiger partial charge in [-0.1, -0.05) is 25.1 Å². The van der Waals surface area contributed by atoms with Crippen LogP contribution in [0.15, 0.2) is 30.3 Å². The van der Waals surface area contributed by atoms with E-state index in [4.69, 9.17) is 0 Å². The van der Waals surface area contributed by atoms with Crippen LogP contribution in [0.25, 0.3) is 0 Å². The minimum Gasteiger partial charge on any atom is -0.368 e. The maximum atomic E-state index is 12.5. The second-order valence-corrected chi connectivity index (χ2v) is 6.34. The smallest absolute Gasteiger partial charge is 0.312 e. The lowest BCUT2D eigenvalue weighted by atomic mass is 10.2. The molecule has 1 aromatic carbocycles. The first-order valence-electron chi connectivity index (χ1n) is 8.79. The van der Waals surface area contributed by atoms with E-state index < -0.39 is 0 Å². The molecule has 0 spiro atoms. The molecule has 130 valence electrons. The Kier molecular flexibility index (Phi) is 5.35. The Morgan fingerprint density at radius 3 is 1.79 bits per heavy atom. The molecule has 1 aromatic rings. The summed E-state index contributed by atoms with van der Waals surface area (Å²) in [5.74, 6) is -0.674. The molecular weight excluding hydrogens is 304 g/mol. The van der Waals surface area contributed by atoms with Gasteiger partial charge in [-0.25, -0.2) is 0 Å². The average molecular weight is 330 g/mol. The number of likely N-dealkylation sites (N-methyl/N-ethyl adjacent to an activating group) is 1. The Morgan fingerprint density at radius 1 is 0.792 bits per heavy atom. The summed E-state index contributed by atoms with van der Waals surface area (Å²) in [4.78, 5) is 32.9. The normalized spacial score (nSPS) is 19.5. The van der Waals surface area contributed by atoms with Crippen molar-refractivity contribution in [3.8, 4) is 0 Å². The molecule has 2 amide bonds. The predicted molar refractivity (Wildman–Crippen MR) is 93.9 cm³/mol. The van der Waals surface area contributed by atoms with E-state index in [0.717, 1.165) is 32.7 Å². The lowest BCUT2D eigenvalue weighted by molar-refractivity contribution is -0.153. The van der Waals surface area contributed by atoms with Crippen LogP contribution in [-0.4, -0.2) is 85.4 Å². The average Bonchev–Trinajstić information content (AvgIpc) is 2.68. The van der Waals surface area contributed by atoms with E-state index in [1.165, 1.54) is 5.69 Å². The zero-order valence-electron chi connectivity index (χ0n) is 14.4. The summed E-state index contributed by atoms with van der Waals surface area (Å²) in [5, 5.41) is 0. The highest BCUT2D eigenvalue weighted by Gasteiger charge is 2.31. The van der Waals surface area contributed by atoms with E-state index in [2.05, 4.69) is 28.9 Å². The van der Waals surface area contributed by atoms with Gasteiger partial charge in [-0.15, -0.1) is 0 Å². The van der Waals surface area contributed by atoms with Gasteiger partial charge in [0.2, 0.25) is 0 Å². The summed E-state index contributed by atoms with van der Waals surface area (Å²) in [6, 6.07) is 10.2. The first kappa shape index (κ1) is 16.8. The highest BCUT2D eigenvalue weighted by Crippen LogP contribution is 2.16. The van der Waals surface area contributed by atoms with Crippen molar-refractivity contribution >= 4 is 17.5 Å². The molecule has 2 heterocycles. The molecule has 0 N–H and O–H groups in total. The minimum atomic E-state index is -0.340. The van der Waals surface area contributed by atoms with Crippen LogP contribution in [0.4, 0.5) is 5.69 Å². The highest BCUT2D eigenvalue weighted by atomic mass is 16.2. The summed E-state index contributed by atoms with van der Waals surface area (Å²) in [6.07, 6.45) is 0. The van der Waals surface area contributed by atoms with Crippen LogP contribution in [-0.2, 0) is 9.59 Å². The minimum absolute atomic E-state index is 0.334. The molecule has 0 radical (unpaired) electrons. The fraction of sp³-hybridized carbons (Fsp3) is 0.556. The third-order valence-corrected chi connectivity index (χ3v) is 4.98. The number of nitrogens with zero attached hydrogens (tertiary/aromatic N) is 4. The third kappa shape index (κ3) is 3.70. The number of rotatable bonds is 2. The third-order valence-electron chi connectivity index (χ3n) is 4.98. The Hall–Kier alpha value is -2.08. The van der Waals surface area contributed by atoms with Crippen LogP contribution < -0.4 is 4.90 Å². The Labute approximate surface area is 143 Å². The second kappa shape index (κ2) is 7.66. The lowest BCUT2D eigenvalue weighted by Crippen LogP contribution is -2.56. The SMILES string of the molecule is CCN1CCN(C(=O)C(=O)N2CCN(c3ccccc3)CC2)CC1. The van der Waals surface area contributed by atoms with Crippen molar-refractivity contribution in [1.82, 2.24) is 14.7 Å². The Bertz CT molecular complexity index is 562. The number of amides is 2. The topological polar surface area (TPSA) is 47.1 Å². The molecule has 6 heteroatoms. The number of anilines is 1. The van der Waals surface area contributed by atoms with Gasteiger partial charge in [0.1, 0.15) is 0 Å². The molecule has 0 saturated carbocycles. The molecule has 0 atom stereocenters. The second-order valence-electron chi connectivity index (χ2n) is 6.34. The van der Waals surface area contributed by atoms with Gasteiger partial charge in [0.25, 0.3) is 0 Å². The lowest BCUT2D eigenvalue weighted by Gasteiger charge is -2.38. The monoisotopic (exact) mass is 330 g/mol. The number of carbonyl (C=O) groups excluding carboxylic acids is 2. The molecule has 2 aliphatic heterocycles. The Morgan fingerprint density at radius 2 is 1.29 bits per heavy atom. The Balaban J connectivity index is 1.51. The molecule has 0 unspecified atom stereocenters. The van der Waals surface area contributed by atoms with E-state index >= 15 is 0 Å². The standard InChI is InChI=1S/C18H26N4O2/c1-2-19-8-10-21(11-9-19)17(23)18(24)22-14-12-20(13-15-22)16-6-4-3-5-7-16/h3-7H,2,8-15H2,1H3. The van der Waals surface area contributed by atoms with Crippen molar-refractivity contribution in [2.24, 2.45) is 0 Å². The fourth-order valence-corrected chi connectivity index (χ4v) is 3.34. The fourth-order valence-electron chi connectivity index (χ4n) is 3.34. The van der Waals surface area contributed by atoms with Crippen LogP contribution in [0.2, 0.25) is 0 Å². The van der Waals surface area contributed by atoms with Crippen molar-refractivity contribution in [3.63, 3.8) is 0 Å². The highest BCUT2D eigenvalue weighted by molar-refractivity contribution is 6.35. The molecule has 0 bridgehead atoms. The molecule has 2 fully saturated rings. The largest absolute Gasteiger partial charge is 0.368 e. The molecule has 6 nitrogen and oxygen atoms in total. The van der Waals surface area contributed by atoms with Crippen LogP contribution in [0, 0.1) is 0 Å². The first-order chi connectivity index (χ1) is 11.7. The van der Waals surface area contributed by atoms with E-state index in [-0.39, 0.29) is 11.8 Å². The van der Waals surface area contributed by atoms with Gasteiger partial charge in [0.15, 0.2) is 0 Å². The number of piperazine rings is 2. The van der Waals surface area contributed by atoms with Crippen molar-refractivity contribution in [2.45, 2.75) is 6.92 Å². The number of hydrogen-bond donors (Lipinski definition) is 0. The molecule has 2 aliphatic rings. The zero-order valence-corrected chi connectivity index (χ0v) is 14.4. The van der Waals surface area contributed by atoms with Crippen LogP contribution in [0.5, 0.6) is 0 Å². The van der Waals surface area contributed by atoms with E-state index in [1.807, 2.05) is 18.2 Å². The van der Waals surface area contributed by atoms with Gasteiger partial charge in [0, 0.05) is 58.0 Å². The molecule has 3 rings (SSSR count). The number of hydrogen-bond acceptors (Lipinski definition) is 4. The van der Waals surface area contributed by atoms with Gasteiger partial charge < -0.3 is 19.6 Å². The molecule has 0 aliphatic carbocycles. The summed E-state index contributed by atoms with van der Waals surface area (Å²) < 4.78 is 0. The van der Waals surface area contributed by atoms with Gasteiger partial charge >= 0.3 is 11.8 Å². The van der Waals surface area contributed by atoms with Crippen LogP contribution >= 0.6 is 0 Å². The summed E-state index contributed by atoms with van der Waals surface area (Å²) >= 11 is 0. The van der Waals surface area contributed by atoms with Gasteiger partial charge in [-0.2, -0.15) is 0 Å². The number of benzene rings is 1. The summed E-state index contributed by atoms with van der Waals surface area (Å²) in [7, 11) is 0. The van der Waals surface area contributed by atoms with E-state index in [1.54, 1.807) is 9.80 Å². The van der Waals surface area contributed by atoms with Crippen LogP contribution in [0.1, 0.15) is 6.92 Å². The van der Waals surface area contributed by atoms with Gasteiger partial charge in [-0.05, 0) is 18.7 Å². The maximum Gasteiger partial charge on any atom is 0.312 e. The van der Waals surface area contributed by atoms with Crippen molar-refractivity contribution < 1.29 is 9.59 Å². The maximum absolute atomic E-state index is 12.5. The predicted octanol–water partition coefficient (Wildman–Crippen LogP) is 0.499. The van der Waals surface area contributed by atoms with Crippen LogP contribution in [0.3, 0.4) is 0 Å². The first-order valence-corrected chi connectivity index (χ1v) is 8.79. The quantitative estimate of drug-likeness (QED) is 0.741. The number of carbonyl (C=O) groups is 2. The zero-order chi connectivity index (χ0) is 16.9. The van der Waals surface area contributed by atoms with Gasteiger partial charge in [0.05, 0.1) is 0 Å². The summed E-state index contributed by atoms with van der Waals surface area (Å²) in [5.41, 5.74) is 1.17. The molecule has 2 saturated heterocycles. The molecule has 0 aromatic heterocycles. The van der Waals surface area contributed by atoms with Crippen molar-refractivity contribution in [1.29, 1.82) is 0 Å². The van der Waals surface area contributed by atoms with Crippen molar-refractivity contribution in [3.05, 3.63) is 30.3 Å².